The molecule has 0 aliphatic carbocycles. The maximum atomic E-state index is 11.6. The van der Waals surface area contributed by atoms with Crippen LogP contribution < -0.4 is 5.56 Å². The average molecular weight is 354 g/mol. The van der Waals surface area contributed by atoms with E-state index in [9.17, 15) is 4.79 Å². The Hall–Kier alpha value is -0.980. The lowest BCUT2D eigenvalue weighted by Crippen LogP contribution is -2.23. The first-order valence-corrected chi connectivity index (χ1v) is 7.02. The van der Waals surface area contributed by atoms with Crippen molar-refractivity contribution < 1.29 is 10.2 Å². The molecule has 21 heavy (non-hydrogen) atoms. The number of aliphatic hydroxyl groups excluding tert-OH is 1. The second-order valence-corrected chi connectivity index (χ2v) is 6.58. The maximum absolute atomic E-state index is 11.6. The smallest absolute Gasteiger partial charge is 0.271 e. The van der Waals surface area contributed by atoms with Crippen molar-refractivity contribution in [3.05, 3.63) is 52.4 Å². The topological polar surface area (TPSA) is 67.4 Å². The number of halogens is 3. The van der Waals surface area contributed by atoms with Gasteiger partial charge in [0.15, 0.2) is 6.29 Å². The fourth-order valence-corrected chi connectivity index (χ4v) is 1.51. The molecule has 2 N–H and O–H groups in total. The minimum atomic E-state index is -1.97. The Labute approximate surface area is 136 Å². The number of hydrogen-bond donors (Lipinski definition) is 2. The molecular weight excluding hydrogens is 339 g/mol. The normalized spacial score (nSPS) is 11.2. The fourth-order valence-electron chi connectivity index (χ4n) is 1.51. The molecule has 5 nitrogen and oxygen atoms in total. The highest BCUT2D eigenvalue weighted by molar-refractivity contribution is 6.67. The van der Waals surface area contributed by atoms with E-state index in [-0.39, 0.29) is 5.56 Å². The Kier molecular flexibility index (Phi) is 6.31. The van der Waals surface area contributed by atoms with Crippen molar-refractivity contribution in [2.75, 3.05) is 0 Å². The number of hydrogen-bond acceptors (Lipinski definition) is 3. The van der Waals surface area contributed by atoms with Crippen LogP contribution in [0.5, 0.6) is 0 Å². The quantitative estimate of drug-likeness (QED) is 0.610. The zero-order valence-electron chi connectivity index (χ0n) is 11.4. The molecule has 2 aromatic rings. The number of nitrogens with zero attached hydrogens (tertiary/aromatic N) is 2. The first kappa shape index (κ1) is 18.1. The van der Waals surface area contributed by atoms with E-state index in [0.29, 0.717) is 0 Å². The Bertz CT molecular complexity index is 630. The summed E-state index contributed by atoms with van der Waals surface area (Å²) in [6.07, 6.45) is -1.91. The average Bonchev–Trinajstić information content (AvgIpc) is 2.64. The highest BCUT2D eigenvalue weighted by atomic mass is 35.6. The number of aromatic nitrogens is 2. The van der Waals surface area contributed by atoms with E-state index in [0.717, 1.165) is 11.4 Å². The van der Waals surface area contributed by atoms with Gasteiger partial charge in [-0.05, 0) is 19.1 Å². The van der Waals surface area contributed by atoms with Crippen LogP contribution in [-0.2, 0) is 7.05 Å². The molecule has 0 saturated carbocycles. The van der Waals surface area contributed by atoms with Crippen molar-refractivity contribution in [1.29, 1.82) is 0 Å². The number of aryl methyl sites for hydroxylation is 1. The lowest BCUT2D eigenvalue weighted by atomic mass is 10.3. The summed E-state index contributed by atoms with van der Waals surface area (Å²) < 4.78 is 1.52. The van der Waals surface area contributed by atoms with E-state index in [1.165, 1.54) is 0 Å². The van der Waals surface area contributed by atoms with E-state index in [2.05, 4.69) is 0 Å². The Morgan fingerprint density at radius 2 is 1.62 bits per heavy atom. The summed E-state index contributed by atoms with van der Waals surface area (Å²) in [6, 6.07) is 11.2. The van der Waals surface area contributed by atoms with Gasteiger partial charge < -0.3 is 10.2 Å². The Morgan fingerprint density at radius 1 is 1.14 bits per heavy atom. The van der Waals surface area contributed by atoms with E-state index < -0.39 is 10.1 Å². The number of benzene rings is 1. The van der Waals surface area contributed by atoms with Gasteiger partial charge in [-0.25, -0.2) is 4.68 Å². The first-order valence-electron chi connectivity index (χ1n) is 5.88. The van der Waals surface area contributed by atoms with Crippen LogP contribution in [0.15, 0.2) is 41.2 Å². The third kappa shape index (κ3) is 5.05. The molecule has 0 radical (unpaired) electrons. The standard InChI is InChI=1S/C11H12N2O.C2H3Cl3O2/c1-9-8-11(14)13(12(9)2)10-6-4-3-5-7-10;3-2(4,5)1(6)7/h3-8H,1-2H3;1,6-7H. The third-order valence-electron chi connectivity index (χ3n) is 2.65. The van der Waals surface area contributed by atoms with Gasteiger partial charge in [0.25, 0.3) is 5.56 Å². The molecule has 0 unspecified atom stereocenters. The van der Waals surface area contributed by atoms with Gasteiger partial charge in [-0.3, -0.25) is 9.48 Å². The van der Waals surface area contributed by atoms with E-state index in [1.54, 1.807) is 10.7 Å². The van der Waals surface area contributed by atoms with Crippen molar-refractivity contribution in [3.63, 3.8) is 0 Å². The van der Waals surface area contributed by atoms with Crippen LogP contribution in [0.1, 0.15) is 5.69 Å². The molecule has 0 fully saturated rings. The van der Waals surface area contributed by atoms with E-state index in [4.69, 9.17) is 45.0 Å². The SMILES string of the molecule is Cc1cc(=O)n(-c2ccccc2)n1C.OC(O)C(Cl)(Cl)Cl. The molecule has 0 aliphatic rings. The van der Waals surface area contributed by atoms with Crippen molar-refractivity contribution in [1.82, 2.24) is 9.36 Å². The predicted octanol–water partition coefficient (Wildman–Crippen LogP) is 2.15. The summed E-state index contributed by atoms with van der Waals surface area (Å²) in [4.78, 5) is 11.6. The number of aliphatic hydroxyl groups is 2. The number of rotatable bonds is 1. The Balaban J connectivity index is 0.000000270. The van der Waals surface area contributed by atoms with Crippen molar-refractivity contribution in [2.24, 2.45) is 7.05 Å². The third-order valence-corrected chi connectivity index (χ3v) is 3.23. The minimum Gasteiger partial charge on any atom is -0.365 e. The predicted molar refractivity (Wildman–Crippen MR) is 84.3 cm³/mol. The van der Waals surface area contributed by atoms with Crippen LogP contribution in [0.2, 0.25) is 0 Å². The number of para-hydroxylation sites is 1. The molecule has 1 heterocycles. The van der Waals surface area contributed by atoms with Gasteiger partial charge in [-0.15, -0.1) is 0 Å². The monoisotopic (exact) mass is 352 g/mol. The fraction of sp³-hybridized carbons (Fsp3) is 0.308. The molecule has 0 saturated heterocycles. The molecular formula is C13H15Cl3N2O3. The zero-order chi connectivity index (χ0) is 16.2. The summed E-state index contributed by atoms with van der Waals surface area (Å²) >= 11 is 14.7. The van der Waals surface area contributed by atoms with Crippen molar-refractivity contribution in [3.8, 4) is 5.69 Å². The largest absolute Gasteiger partial charge is 0.365 e. The highest BCUT2D eigenvalue weighted by Crippen LogP contribution is 2.28. The molecule has 0 atom stereocenters. The first-order chi connectivity index (χ1) is 9.64. The molecule has 8 heteroatoms. The molecule has 0 bridgehead atoms. The van der Waals surface area contributed by atoms with E-state index >= 15 is 0 Å². The second kappa shape index (κ2) is 7.33. The van der Waals surface area contributed by atoms with Gasteiger partial charge >= 0.3 is 0 Å². The van der Waals surface area contributed by atoms with Crippen LogP contribution in [0.25, 0.3) is 5.69 Å². The maximum Gasteiger partial charge on any atom is 0.271 e. The molecule has 0 aliphatic heterocycles. The second-order valence-electron chi connectivity index (χ2n) is 4.21. The van der Waals surface area contributed by atoms with Crippen LogP contribution in [0.4, 0.5) is 0 Å². The van der Waals surface area contributed by atoms with Gasteiger partial charge in [0.2, 0.25) is 3.79 Å². The minimum absolute atomic E-state index is 0.0104. The van der Waals surface area contributed by atoms with Gasteiger partial charge in [0.1, 0.15) is 0 Å². The molecule has 0 amide bonds. The lowest BCUT2D eigenvalue weighted by molar-refractivity contribution is -0.0355. The van der Waals surface area contributed by atoms with E-state index in [1.807, 2.05) is 49.0 Å². The van der Waals surface area contributed by atoms with Crippen LogP contribution >= 0.6 is 34.8 Å². The molecule has 1 aromatic heterocycles. The van der Waals surface area contributed by atoms with Gasteiger partial charge in [0, 0.05) is 18.8 Å². The van der Waals surface area contributed by atoms with Crippen LogP contribution in [0.3, 0.4) is 0 Å². The molecule has 2 rings (SSSR count). The van der Waals surface area contributed by atoms with Gasteiger partial charge in [-0.1, -0.05) is 53.0 Å². The zero-order valence-corrected chi connectivity index (χ0v) is 13.6. The summed E-state index contributed by atoms with van der Waals surface area (Å²) in [5.74, 6) is 0. The summed E-state index contributed by atoms with van der Waals surface area (Å²) in [5, 5.41) is 16.1. The van der Waals surface area contributed by atoms with Crippen molar-refractivity contribution in [2.45, 2.75) is 17.0 Å². The summed E-state index contributed by atoms with van der Waals surface area (Å²) in [6.45, 7) is 1.92. The van der Waals surface area contributed by atoms with Crippen LogP contribution in [-0.4, -0.2) is 29.7 Å². The summed E-state index contributed by atoms with van der Waals surface area (Å²) in [7, 11) is 1.88. The van der Waals surface area contributed by atoms with Crippen molar-refractivity contribution >= 4 is 34.8 Å². The lowest BCUT2D eigenvalue weighted by Gasteiger charge is -2.10. The van der Waals surface area contributed by atoms with Gasteiger partial charge in [-0.2, -0.15) is 0 Å². The molecule has 1 aromatic carbocycles. The van der Waals surface area contributed by atoms with Gasteiger partial charge in [0.05, 0.1) is 5.69 Å². The highest BCUT2D eigenvalue weighted by Gasteiger charge is 2.28. The number of alkyl halides is 3. The van der Waals surface area contributed by atoms with Crippen LogP contribution in [0, 0.1) is 6.92 Å². The molecule has 0 spiro atoms. The molecule has 116 valence electrons. The summed E-state index contributed by atoms with van der Waals surface area (Å²) in [5.41, 5.74) is 1.86. The Morgan fingerprint density at radius 3 is 1.95 bits per heavy atom.